The molecule has 0 bridgehead atoms. The van der Waals surface area contributed by atoms with Gasteiger partial charge in [0.2, 0.25) is 0 Å². The number of hydrogen-bond donors (Lipinski definition) is 1. The molecule has 4 heterocycles. The second kappa shape index (κ2) is 19.2. The molecule has 1 N–H and O–H groups in total. The van der Waals surface area contributed by atoms with Crippen LogP contribution in [0.3, 0.4) is 0 Å². The maximum absolute atomic E-state index is 6.07. The molecule has 0 aliphatic carbocycles. The number of hydrogen-bond acceptors (Lipinski definition) is 5. The molecule has 6 heteroatoms. The molecule has 13 aromatic rings. The van der Waals surface area contributed by atoms with E-state index >= 15 is 0 Å². The molecule has 0 radical (unpaired) electrons. The fourth-order valence-electron chi connectivity index (χ4n) is 10.9. The topological polar surface area (TPSA) is 80.7 Å². The van der Waals surface area contributed by atoms with Crippen LogP contribution >= 0.6 is 0 Å². The number of fused-ring (bicyclic) bond motifs is 9. The molecule has 0 fully saturated rings. The molecule has 0 amide bonds. The zero-order valence-electron chi connectivity index (χ0n) is 40.9. The number of benzene rings is 9. The second-order valence-electron chi connectivity index (χ2n) is 20.0. The van der Waals surface area contributed by atoms with Crippen molar-refractivity contribution in [2.45, 2.75) is 58.3 Å². The van der Waals surface area contributed by atoms with Crippen LogP contribution in [0.1, 0.15) is 53.1 Å². The Morgan fingerprint density at radius 1 is 0.342 bits per heavy atom. The van der Waals surface area contributed by atoms with Gasteiger partial charge in [-0.15, -0.1) is 0 Å². The minimum atomic E-state index is 0.467. The Bertz CT molecular complexity index is 3920. The highest BCUT2D eigenvalue weighted by atomic mass is 16.3. The fraction of sp³-hybridized carbons (Fsp3) is 0.149. The third kappa shape index (κ3) is 9.17. The van der Waals surface area contributed by atoms with Crippen LogP contribution in [0.2, 0.25) is 0 Å². The van der Waals surface area contributed by atoms with Crippen molar-refractivity contribution >= 4 is 65.7 Å². The Labute approximate surface area is 424 Å². The monoisotopic (exact) mass is 946 g/mol. The predicted octanol–water partition coefficient (Wildman–Crippen LogP) is 17.1. The molecule has 0 saturated heterocycles. The van der Waals surface area contributed by atoms with E-state index in [4.69, 9.17) is 23.8 Å². The standard InChI is InChI=1S/C67H54N4O2/c1-43(39-49-26-35-60-56(42-49)53-14-2-5-17-59(53)68-60)38-48-24-33-52(34-25-48)67-70-65(50-29-20-44(21-30-50)10-8-12-46-27-36-63-57(40-46)54-15-3-6-18-61(54)72-63)69-66(71-67)51-31-22-45(23-32-51)11-9-13-47-28-37-64-58(41-47)55-16-4-7-19-62(55)73-64/h2-7,14-37,40-43,68H,8-13,38-39H2,1H3/t43-/m0/s1. The summed E-state index contributed by atoms with van der Waals surface area (Å²) in [4.78, 5) is 19.0. The average molecular weight is 947 g/mol. The first-order valence-electron chi connectivity index (χ1n) is 25.8. The van der Waals surface area contributed by atoms with Gasteiger partial charge in [0.1, 0.15) is 22.3 Å². The molecule has 4 aromatic heterocycles. The molecule has 6 nitrogen and oxygen atoms in total. The quantitative estimate of drug-likeness (QED) is 0.111. The van der Waals surface area contributed by atoms with Gasteiger partial charge < -0.3 is 13.8 Å². The summed E-state index contributed by atoms with van der Waals surface area (Å²) < 4.78 is 12.1. The van der Waals surface area contributed by atoms with Crippen LogP contribution in [0.4, 0.5) is 0 Å². The zero-order valence-corrected chi connectivity index (χ0v) is 40.9. The van der Waals surface area contributed by atoms with Crippen molar-refractivity contribution in [1.29, 1.82) is 0 Å². The maximum Gasteiger partial charge on any atom is 0.164 e. The van der Waals surface area contributed by atoms with Gasteiger partial charge in [0, 0.05) is 60.0 Å². The average Bonchev–Trinajstić information content (AvgIpc) is 4.12. The minimum Gasteiger partial charge on any atom is -0.456 e. The summed E-state index contributed by atoms with van der Waals surface area (Å²) in [5.41, 5.74) is 17.0. The smallest absolute Gasteiger partial charge is 0.164 e. The van der Waals surface area contributed by atoms with E-state index in [0.717, 1.165) is 90.4 Å². The van der Waals surface area contributed by atoms with Crippen molar-refractivity contribution in [2.75, 3.05) is 0 Å². The molecule has 0 aliphatic rings. The maximum atomic E-state index is 6.07. The van der Waals surface area contributed by atoms with E-state index in [1.165, 1.54) is 76.7 Å². The van der Waals surface area contributed by atoms with E-state index in [1.807, 2.05) is 24.3 Å². The molecular weight excluding hydrogens is 893 g/mol. The van der Waals surface area contributed by atoms with E-state index in [1.54, 1.807) is 0 Å². The minimum absolute atomic E-state index is 0.467. The van der Waals surface area contributed by atoms with Crippen molar-refractivity contribution in [3.63, 3.8) is 0 Å². The van der Waals surface area contributed by atoms with Crippen LogP contribution in [0.25, 0.3) is 99.8 Å². The molecule has 0 spiro atoms. The van der Waals surface area contributed by atoms with Gasteiger partial charge in [-0.3, -0.25) is 0 Å². The lowest BCUT2D eigenvalue weighted by molar-refractivity contribution is 0.577. The molecule has 13 rings (SSSR count). The molecule has 0 unspecified atom stereocenters. The van der Waals surface area contributed by atoms with E-state index in [-0.39, 0.29) is 0 Å². The normalized spacial score (nSPS) is 12.3. The lowest BCUT2D eigenvalue weighted by Gasteiger charge is -2.13. The number of aryl methyl sites for hydroxylation is 4. The van der Waals surface area contributed by atoms with Crippen LogP contribution in [0, 0.1) is 5.92 Å². The van der Waals surface area contributed by atoms with Crippen LogP contribution in [-0.2, 0) is 38.5 Å². The summed E-state index contributed by atoms with van der Waals surface area (Å²) in [5.74, 6) is 2.48. The lowest BCUT2D eigenvalue weighted by Crippen LogP contribution is -2.04. The van der Waals surface area contributed by atoms with Crippen molar-refractivity contribution in [2.24, 2.45) is 5.92 Å². The van der Waals surface area contributed by atoms with Gasteiger partial charge in [-0.25, -0.2) is 15.0 Å². The number of rotatable bonds is 15. The Morgan fingerprint density at radius 2 is 0.726 bits per heavy atom. The van der Waals surface area contributed by atoms with E-state index in [9.17, 15) is 0 Å². The number of aromatic amines is 1. The number of H-pyrrole nitrogens is 1. The predicted molar refractivity (Wildman–Crippen MR) is 300 cm³/mol. The zero-order chi connectivity index (χ0) is 48.7. The summed E-state index contributed by atoms with van der Waals surface area (Å²) in [6.07, 6.45) is 8.03. The van der Waals surface area contributed by atoms with Gasteiger partial charge in [-0.1, -0.05) is 153 Å². The van der Waals surface area contributed by atoms with E-state index in [0.29, 0.717) is 23.4 Å². The first kappa shape index (κ1) is 44.3. The van der Waals surface area contributed by atoms with Crippen LogP contribution in [0.5, 0.6) is 0 Å². The first-order chi connectivity index (χ1) is 36.0. The molecule has 73 heavy (non-hydrogen) atoms. The van der Waals surface area contributed by atoms with Gasteiger partial charge in [0.15, 0.2) is 17.5 Å². The molecule has 354 valence electrons. The summed E-state index contributed by atoms with van der Waals surface area (Å²) in [6.45, 7) is 2.35. The van der Waals surface area contributed by atoms with Gasteiger partial charge in [0.05, 0.1) is 0 Å². The third-order valence-corrected chi connectivity index (χ3v) is 14.8. The molecular formula is C67H54N4O2. The van der Waals surface area contributed by atoms with Crippen LogP contribution < -0.4 is 0 Å². The Morgan fingerprint density at radius 3 is 1.26 bits per heavy atom. The summed E-state index contributed by atoms with van der Waals surface area (Å²) in [7, 11) is 0. The largest absolute Gasteiger partial charge is 0.456 e. The SMILES string of the molecule is C[C@@H](Cc1ccc(-c2nc(-c3ccc(CCCc4ccc5oc6ccccc6c5c4)cc3)nc(-c3ccc(CCCc4ccc5oc6ccccc6c5c4)cc3)n2)cc1)Cc1ccc2[nH]c3ccccc3c2c1. The van der Waals surface area contributed by atoms with Crippen molar-refractivity contribution in [3.05, 3.63) is 234 Å². The molecule has 1 atom stereocenters. The highest BCUT2D eigenvalue weighted by molar-refractivity contribution is 6.08. The Hall–Kier alpha value is -8.61. The summed E-state index contributed by atoms with van der Waals surface area (Å²) >= 11 is 0. The van der Waals surface area contributed by atoms with Crippen LogP contribution in [-0.4, -0.2) is 19.9 Å². The van der Waals surface area contributed by atoms with Crippen molar-refractivity contribution in [1.82, 2.24) is 19.9 Å². The van der Waals surface area contributed by atoms with Crippen LogP contribution in [0.15, 0.2) is 209 Å². The van der Waals surface area contributed by atoms with Gasteiger partial charge in [0.25, 0.3) is 0 Å². The number of furan rings is 2. The van der Waals surface area contributed by atoms with Crippen molar-refractivity contribution in [3.8, 4) is 34.2 Å². The number of para-hydroxylation sites is 3. The second-order valence-corrected chi connectivity index (χ2v) is 20.0. The molecule has 0 saturated carbocycles. The molecule has 0 aliphatic heterocycles. The molecule has 9 aromatic carbocycles. The van der Waals surface area contributed by atoms with Gasteiger partial charge in [-0.05, 0) is 145 Å². The Balaban J connectivity index is 0.721. The summed E-state index contributed by atoms with van der Waals surface area (Å²) in [5, 5.41) is 7.29. The summed E-state index contributed by atoms with van der Waals surface area (Å²) in [6, 6.07) is 71.6. The third-order valence-electron chi connectivity index (χ3n) is 14.8. The number of aromatic nitrogens is 4. The number of nitrogens with one attached hydrogen (secondary N) is 1. The highest BCUT2D eigenvalue weighted by Crippen LogP contribution is 2.33. The highest BCUT2D eigenvalue weighted by Gasteiger charge is 2.16. The first-order valence-corrected chi connectivity index (χ1v) is 25.8. The van der Waals surface area contributed by atoms with Crippen molar-refractivity contribution < 1.29 is 8.83 Å². The Kier molecular flexibility index (Phi) is 11.7. The number of nitrogens with zero attached hydrogens (tertiary/aromatic N) is 3. The van der Waals surface area contributed by atoms with Gasteiger partial charge >= 0.3 is 0 Å². The van der Waals surface area contributed by atoms with E-state index < -0.39 is 0 Å². The fourth-order valence-corrected chi connectivity index (χ4v) is 10.9. The lowest BCUT2D eigenvalue weighted by atomic mass is 9.93. The van der Waals surface area contributed by atoms with Gasteiger partial charge in [-0.2, -0.15) is 0 Å². The van der Waals surface area contributed by atoms with E-state index in [2.05, 4.69) is 188 Å².